The van der Waals surface area contributed by atoms with Crippen LogP contribution in [-0.2, 0) is 27.9 Å². The number of carbonyl (C=O) groups is 1. The first kappa shape index (κ1) is 29.5. The van der Waals surface area contributed by atoms with Gasteiger partial charge in [-0.2, -0.15) is 4.31 Å². The van der Waals surface area contributed by atoms with Gasteiger partial charge in [0.2, 0.25) is 15.9 Å². The Morgan fingerprint density at radius 1 is 1.23 bits per heavy atom. The standard InChI is InChI=1S/C32H38N6O4S2/c1-8-38-21-12-11-20(17(2)26(21)35-36-38)25(32(6,7)29(39)24-27-28(24)34-27)22-14-19(18(3)43-22)15-37-16-31(4,5)42-30-23(44(37,40)41)10-9-13-33-30/h9-14,24-25,27-28,34H,8,15-16H2,1-7H3/t24?,25-,27?,28?/m1/s1. The Labute approximate surface area is 261 Å². The first-order valence-corrected chi connectivity index (χ1v) is 17.4. The molecule has 3 atom stereocenters. The zero-order chi connectivity index (χ0) is 31.3. The lowest BCUT2D eigenvalue weighted by Gasteiger charge is -2.35. The fourth-order valence-corrected chi connectivity index (χ4v) is 9.84. The molecule has 44 heavy (non-hydrogen) atoms. The van der Waals surface area contributed by atoms with Gasteiger partial charge in [-0.25, -0.2) is 18.1 Å². The zero-order valence-electron chi connectivity index (χ0n) is 26.1. The fourth-order valence-electron chi connectivity index (χ4n) is 6.86. The summed E-state index contributed by atoms with van der Waals surface area (Å²) in [7, 11) is -3.87. The molecular weight excluding hydrogens is 597 g/mol. The van der Waals surface area contributed by atoms with E-state index in [0.717, 1.165) is 44.0 Å². The number of ether oxygens (including phenoxy) is 1. The first-order valence-electron chi connectivity index (χ1n) is 15.1. The highest BCUT2D eigenvalue weighted by molar-refractivity contribution is 7.89. The molecule has 5 heterocycles. The number of rotatable bonds is 8. The van der Waals surface area contributed by atoms with E-state index in [1.807, 2.05) is 32.4 Å². The lowest BCUT2D eigenvalue weighted by atomic mass is 9.68. The Morgan fingerprint density at radius 2 is 1.98 bits per heavy atom. The van der Waals surface area contributed by atoms with Crippen LogP contribution in [0.3, 0.4) is 0 Å². The molecule has 10 nitrogen and oxygen atoms in total. The molecule has 0 radical (unpaired) electrons. The molecule has 3 aliphatic rings. The van der Waals surface area contributed by atoms with Gasteiger partial charge in [0.1, 0.15) is 21.8 Å². The van der Waals surface area contributed by atoms with Crippen LogP contribution in [0.25, 0.3) is 11.0 Å². The van der Waals surface area contributed by atoms with Crippen LogP contribution in [0.1, 0.15) is 67.0 Å². The highest BCUT2D eigenvalue weighted by atomic mass is 32.2. The van der Waals surface area contributed by atoms with E-state index in [-0.39, 0.29) is 41.5 Å². The van der Waals surface area contributed by atoms with Crippen LogP contribution in [0.5, 0.6) is 5.88 Å². The second-order valence-electron chi connectivity index (χ2n) is 13.5. The van der Waals surface area contributed by atoms with Crippen molar-refractivity contribution in [2.75, 3.05) is 6.54 Å². The van der Waals surface area contributed by atoms with Crippen molar-refractivity contribution >= 4 is 38.2 Å². The van der Waals surface area contributed by atoms with E-state index in [4.69, 9.17) is 4.74 Å². The van der Waals surface area contributed by atoms with Gasteiger partial charge in [-0.3, -0.25) is 4.79 Å². The fraction of sp³-hybridized carbons (Fsp3) is 0.500. The number of fused-ring (bicyclic) bond motifs is 3. The number of nitrogens with zero attached hydrogens (tertiary/aromatic N) is 5. The van der Waals surface area contributed by atoms with Gasteiger partial charge >= 0.3 is 0 Å². The molecule has 12 heteroatoms. The zero-order valence-corrected chi connectivity index (χ0v) is 27.7. The monoisotopic (exact) mass is 634 g/mol. The molecule has 2 aliphatic heterocycles. The Hall–Kier alpha value is -3.19. The second kappa shape index (κ2) is 9.90. The third kappa shape index (κ3) is 4.60. The van der Waals surface area contributed by atoms with Gasteiger partial charge < -0.3 is 10.1 Å². The topological polar surface area (TPSA) is 129 Å². The van der Waals surface area contributed by atoms with Gasteiger partial charge in [-0.1, -0.05) is 25.1 Å². The maximum absolute atomic E-state index is 14.0. The predicted molar refractivity (Wildman–Crippen MR) is 168 cm³/mol. The van der Waals surface area contributed by atoms with Crippen molar-refractivity contribution in [2.24, 2.45) is 11.3 Å². The summed E-state index contributed by atoms with van der Waals surface area (Å²) in [6.07, 6.45) is 1.54. The molecule has 3 aromatic heterocycles. The Morgan fingerprint density at radius 3 is 2.66 bits per heavy atom. The lowest BCUT2D eigenvalue weighted by Crippen LogP contribution is -2.42. The van der Waals surface area contributed by atoms with Crippen LogP contribution in [0.4, 0.5) is 0 Å². The lowest BCUT2D eigenvalue weighted by molar-refractivity contribution is -0.130. The Kier molecular flexibility index (Phi) is 6.64. The number of benzene rings is 1. The number of hydrogen-bond acceptors (Lipinski definition) is 9. The number of aryl methyl sites for hydroxylation is 3. The second-order valence-corrected chi connectivity index (χ2v) is 16.7. The third-order valence-electron chi connectivity index (χ3n) is 9.50. The third-order valence-corrected chi connectivity index (χ3v) is 12.5. The van der Waals surface area contributed by atoms with Crippen LogP contribution in [0, 0.1) is 25.2 Å². The molecule has 1 aromatic carbocycles. The van der Waals surface area contributed by atoms with E-state index in [0.29, 0.717) is 12.1 Å². The van der Waals surface area contributed by atoms with Gasteiger partial charge in [0.25, 0.3) is 0 Å². The van der Waals surface area contributed by atoms with E-state index in [9.17, 15) is 13.2 Å². The number of carbonyl (C=O) groups excluding carboxylic acids is 1. The molecule has 232 valence electrons. The van der Waals surface area contributed by atoms with Crippen LogP contribution in [-0.4, -0.2) is 62.7 Å². The van der Waals surface area contributed by atoms with Crippen molar-refractivity contribution in [3.63, 3.8) is 0 Å². The predicted octanol–water partition coefficient (Wildman–Crippen LogP) is 4.58. The van der Waals surface area contributed by atoms with Crippen LogP contribution >= 0.6 is 11.3 Å². The average molecular weight is 635 g/mol. The van der Waals surface area contributed by atoms with Crippen molar-refractivity contribution in [3.05, 3.63) is 63.0 Å². The van der Waals surface area contributed by atoms with E-state index < -0.39 is 21.0 Å². The average Bonchev–Trinajstić information content (AvgIpc) is 3.80. The minimum absolute atomic E-state index is 0.0520. The number of aromatic nitrogens is 4. The summed E-state index contributed by atoms with van der Waals surface area (Å²) in [4.78, 5) is 20.4. The molecule has 1 saturated carbocycles. The summed E-state index contributed by atoms with van der Waals surface area (Å²) in [6, 6.07) is 10.1. The highest BCUT2D eigenvalue weighted by Gasteiger charge is 2.70. The molecular formula is C32H38N6O4S2. The number of sulfonamides is 1. The van der Waals surface area contributed by atoms with E-state index >= 15 is 0 Å². The number of ketones is 1. The number of hydrogen-bond donors (Lipinski definition) is 1. The molecule has 1 N–H and O–H groups in total. The maximum atomic E-state index is 14.0. The minimum Gasteiger partial charge on any atom is -0.469 e. The summed E-state index contributed by atoms with van der Waals surface area (Å²) in [5.74, 6) is 0.199. The minimum atomic E-state index is -3.87. The number of Topliss-reactive ketones (excluding diaryl/α,β-unsaturated/α-hetero) is 1. The molecule has 4 aromatic rings. The molecule has 0 spiro atoms. The van der Waals surface area contributed by atoms with Gasteiger partial charge in [0.05, 0.1) is 18.0 Å². The summed E-state index contributed by atoms with van der Waals surface area (Å²) in [6.45, 7) is 15.1. The van der Waals surface area contributed by atoms with E-state index in [1.165, 1.54) is 4.31 Å². The van der Waals surface area contributed by atoms with Crippen molar-refractivity contribution in [1.29, 1.82) is 0 Å². The van der Waals surface area contributed by atoms with Crippen molar-refractivity contribution in [1.82, 2.24) is 29.6 Å². The highest BCUT2D eigenvalue weighted by Crippen LogP contribution is 2.54. The summed E-state index contributed by atoms with van der Waals surface area (Å²) >= 11 is 1.63. The summed E-state index contributed by atoms with van der Waals surface area (Å²) in [5.41, 5.74) is 3.30. The molecule has 2 unspecified atom stereocenters. The van der Waals surface area contributed by atoms with Gasteiger partial charge in [0.15, 0.2) is 0 Å². The number of thiophene rings is 1. The van der Waals surface area contributed by atoms with Gasteiger partial charge in [-0.05, 0) is 75.6 Å². The SMILES string of the molecule is CCn1nnc2c(C)c([C@H](c3cc(CN4CC(C)(C)Oc5ncccc5S4(=O)=O)c(C)s3)C(C)(C)C(=O)C3C4NC43)ccc21. The van der Waals surface area contributed by atoms with E-state index in [2.05, 4.69) is 59.6 Å². The van der Waals surface area contributed by atoms with Crippen LogP contribution in [0.2, 0.25) is 0 Å². The van der Waals surface area contributed by atoms with Crippen LogP contribution < -0.4 is 10.1 Å². The van der Waals surface area contributed by atoms with Crippen molar-refractivity contribution < 1.29 is 17.9 Å². The molecule has 1 aliphatic carbocycles. The van der Waals surface area contributed by atoms with E-state index in [1.54, 1.807) is 29.7 Å². The largest absolute Gasteiger partial charge is 0.469 e. The number of pyridine rings is 1. The van der Waals surface area contributed by atoms with Crippen molar-refractivity contribution in [3.8, 4) is 5.88 Å². The Bertz CT molecular complexity index is 1920. The summed E-state index contributed by atoms with van der Waals surface area (Å²) in [5, 5.41) is 12.2. The first-order chi connectivity index (χ1) is 20.7. The normalized spacial score (nSPS) is 24.2. The quantitative estimate of drug-likeness (QED) is 0.279. The van der Waals surface area contributed by atoms with Gasteiger partial charge in [0, 0.05) is 52.5 Å². The molecule has 1 saturated heterocycles. The van der Waals surface area contributed by atoms with Crippen molar-refractivity contribution in [2.45, 2.75) is 90.1 Å². The molecule has 2 fully saturated rings. The molecule has 0 bridgehead atoms. The maximum Gasteiger partial charge on any atom is 0.248 e. The summed E-state index contributed by atoms with van der Waals surface area (Å²) < 4.78 is 37.2. The molecule has 0 amide bonds. The van der Waals surface area contributed by atoms with Gasteiger partial charge in [-0.15, -0.1) is 16.4 Å². The number of nitrogens with one attached hydrogen (secondary N) is 1. The molecule has 7 rings (SSSR count). The Balaban J connectivity index is 1.31. The van der Waals surface area contributed by atoms with Crippen LogP contribution in [0.15, 0.2) is 41.4 Å². The smallest absolute Gasteiger partial charge is 0.248 e.